The van der Waals surface area contributed by atoms with Crippen LogP contribution in [0.2, 0.25) is 0 Å². The van der Waals surface area contributed by atoms with E-state index < -0.39 is 0 Å². The number of benzene rings is 4. The quantitative estimate of drug-likeness (QED) is 0.322. The third-order valence-corrected chi connectivity index (χ3v) is 9.24. The SMILES string of the molecule is c1ccc(CC23N=NC(Cc4ccccc4)([C@@H]4c5ccccc5[C@@H]42)[C@H]2c4ccccc4[C@H]23)cc1. The minimum atomic E-state index is -0.210. The molecule has 0 spiro atoms. The van der Waals surface area contributed by atoms with Crippen LogP contribution in [0.1, 0.15) is 57.1 Å². The maximum atomic E-state index is 5.38. The number of fused-ring (bicyclic) bond motifs is 2. The van der Waals surface area contributed by atoms with Crippen LogP contribution < -0.4 is 0 Å². The molecule has 2 nitrogen and oxygen atoms in total. The van der Waals surface area contributed by atoms with Crippen LogP contribution in [-0.4, -0.2) is 11.1 Å². The molecule has 0 amide bonds. The Morgan fingerprint density at radius 2 is 0.706 bits per heavy atom. The molecule has 2 heterocycles. The molecule has 9 rings (SSSR count). The number of nitrogens with zero attached hydrogens (tertiary/aromatic N) is 2. The van der Waals surface area contributed by atoms with E-state index in [4.69, 9.17) is 10.2 Å². The Morgan fingerprint density at radius 1 is 0.412 bits per heavy atom. The van der Waals surface area contributed by atoms with E-state index in [2.05, 4.69) is 109 Å². The molecule has 2 bridgehead atoms. The van der Waals surface area contributed by atoms with E-state index in [9.17, 15) is 0 Å². The Morgan fingerprint density at radius 3 is 1.03 bits per heavy atom. The highest BCUT2D eigenvalue weighted by Crippen LogP contribution is 2.78. The first-order valence-corrected chi connectivity index (χ1v) is 12.5. The molecule has 34 heavy (non-hydrogen) atoms. The van der Waals surface area contributed by atoms with E-state index in [0.717, 1.165) is 12.8 Å². The van der Waals surface area contributed by atoms with Gasteiger partial charge in [0, 0.05) is 36.5 Å². The van der Waals surface area contributed by atoms with E-state index in [0.29, 0.717) is 23.7 Å². The van der Waals surface area contributed by atoms with E-state index in [1.54, 1.807) is 0 Å². The van der Waals surface area contributed by atoms with Crippen LogP contribution in [0.5, 0.6) is 0 Å². The Labute approximate surface area is 200 Å². The lowest BCUT2D eigenvalue weighted by molar-refractivity contribution is -0.00126. The third kappa shape index (κ3) is 2.17. The van der Waals surface area contributed by atoms with Crippen molar-refractivity contribution in [2.75, 3.05) is 0 Å². The zero-order valence-electron chi connectivity index (χ0n) is 19.0. The molecule has 4 aromatic rings. The minimum Gasteiger partial charge on any atom is -0.185 e. The fourth-order valence-corrected chi connectivity index (χ4v) is 8.09. The highest BCUT2D eigenvalue weighted by molar-refractivity contribution is 5.64. The van der Waals surface area contributed by atoms with Gasteiger partial charge in [-0.1, -0.05) is 109 Å². The molecule has 2 heteroatoms. The lowest BCUT2D eigenvalue weighted by Crippen LogP contribution is -2.70. The second kappa shape index (κ2) is 6.54. The van der Waals surface area contributed by atoms with Crippen LogP contribution in [0.25, 0.3) is 0 Å². The summed E-state index contributed by atoms with van der Waals surface area (Å²) in [5.41, 5.74) is 8.32. The standard InChI is InChI=1S/C32H26N2/c1-3-11-21(12-4-1)19-31-27-23-15-7-9-17-25(23)29(27)32(34-33-31,20-22-13-5-2-6-14-22)30-26-18-10-8-16-24(26)28(30)31/h1-18,27-30H,19-20H2/t27-,28+,29+,30-,31?,32?. The van der Waals surface area contributed by atoms with E-state index in [1.807, 2.05) is 0 Å². The predicted octanol–water partition coefficient (Wildman–Crippen LogP) is 7.19. The van der Waals surface area contributed by atoms with Crippen LogP contribution in [0.4, 0.5) is 0 Å². The number of hydrogen-bond acceptors (Lipinski definition) is 2. The van der Waals surface area contributed by atoms with Crippen LogP contribution in [0, 0.1) is 0 Å². The van der Waals surface area contributed by atoms with Gasteiger partial charge in [-0.15, -0.1) is 0 Å². The first kappa shape index (κ1) is 18.9. The summed E-state index contributed by atoms with van der Waals surface area (Å²) in [5.74, 6) is 1.67. The number of azo groups is 1. The lowest BCUT2D eigenvalue weighted by Gasteiger charge is -2.71. The molecule has 0 saturated heterocycles. The van der Waals surface area contributed by atoms with Crippen LogP contribution >= 0.6 is 0 Å². The summed E-state index contributed by atoms with van der Waals surface area (Å²) in [4.78, 5) is 0. The molecule has 0 aromatic heterocycles. The summed E-state index contributed by atoms with van der Waals surface area (Å²) in [5, 5.41) is 10.8. The van der Waals surface area contributed by atoms with E-state index in [1.165, 1.54) is 33.4 Å². The second-order valence-corrected chi connectivity index (χ2v) is 10.7. The van der Waals surface area contributed by atoms with Gasteiger partial charge in [0.05, 0.1) is 0 Å². The maximum absolute atomic E-state index is 5.38. The number of hydrogen-bond donors (Lipinski definition) is 0. The van der Waals surface area contributed by atoms with Gasteiger partial charge in [-0.05, 0) is 33.4 Å². The molecule has 2 unspecified atom stereocenters. The zero-order chi connectivity index (χ0) is 22.3. The molecule has 1 saturated carbocycles. The largest absolute Gasteiger partial charge is 0.185 e. The van der Waals surface area contributed by atoms with Crippen molar-refractivity contribution in [3.8, 4) is 0 Å². The lowest BCUT2D eigenvalue weighted by atomic mass is 9.35. The van der Waals surface area contributed by atoms with Gasteiger partial charge in [0.1, 0.15) is 11.1 Å². The number of rotatable bonds is 4. The summed E-state index contributed by atoms with van der Waals surface area (Å²) >= 11 is 0. The van der Waals surface area contributed by atoms with Crippen molar-refractivity contribution in [3.05, 3.63) is 143 Å². The molecule has 1 fully saturated rings. The Kier molecular flexibility index (Phi) is 3.63. The molecular formula is C32H26N2. The summed E-state index contributed by atoms with van der Waals surface area (Å²) in [6, 6.07) is 40.2. The molecule has 164 valence electrons. The summed E-state index contributed by atoms with van der Waals surface area (Å²) < 4.78 is 0. The summed E-state index contributed by atoms with van der Waals surface area (Å²) in [6.45, 7) is 0. The van der Waals surface area contributed by atoms with Crippen molar-refractivity contribution in [3.63, 3.8) is 0 Å². The minimum absolute atomic E-state index is 0.210. The van der Waals surface area contributed by atoms with Gasteiger partial charge in [-0.2, -0.15) is 10.2 Å². The van der Waals surface area contributed by atoms with Gasteiger partial charge in [-0.3, -0.25) is 0 Å². The van der Waals surface area contributed by atoms with Gasteiger partial charge in [0.15, 0.2) is 0 Å². The van der Waals surface area contributed by atoms with Crippen LogP contribution in [0.3, 0.4) is 0 Å². The molecule has 0 radical (unpaired) electrons. The molecule has 5 aliphatic rings. The van der Waals surface area contributed by atoms with Gasteiger partial charge in [-0.25, -0.2) is 0 Å². The monoisotopic (exact) mass is 438 g/mol. The summed E-state index contributed by atoms with van der Waals surface area (Å²) in [7, 11) is 0. The average molecular weight is 439 g/mol. The molecule has 6 atom stereocenters. The molecule has 2 aliphatic heterocycles. The van der Waals surface area contributed by atoms with Crippen molar-refractivity contribution in [2.24, 2.45) is 10.2 Å². The predicted molar refractivity (Wildman–Crippen MR) is 134 cm³/mol. The topological polar surface area (TPSA) is 24.7 Å². The highest BCUT2D eigenvalue weighted by atomic mass is 15.3. The Bertz CT molecular complexity index is 1270. The van der Waals surface area contributed by atoms with Crippen molar-refractivity contribution in [1.29, 1.82) is 0 Å². The Hall–Kier alpha value is -3.52. The van der Waals surface area contributed by atoms with Gasteiger partial charge >= 0.3 is 0 Å². The van der Waals surface area contributed by atoms with Gasteiger partial charge in [0.25, 0.3) is 0 Å². The van der Waals surface area contributed by atoms with Gasteiger partial charge < -0.3 is 0 Å². The molecule has 0 N–H and O–H groups in total. The van der Waals surface area contributed by atoms with Crippen molar-refractivity contribution >= 4 is 0 Å². The third-order valence-electron chi connectivity index (χ3n) is 9.24. The second-order valence-electron chi connectivity index (χ2n) is 10.7. The molecule has 3 aliphatic carbocycles. The van der Waals surface area contributed by atoms with E-state index in [-0.39, 0.29) is 11.1 Å². The first-order chi connectivity index (χ1) is 16.8. The maximum Gasteiger partial charge on any atom is 0.101 e. The van der Waals surface area contributed by atoms with Crippen LogP contribution in [0.15, 0.2) is 119 Å². The summed E-state index contributed by atoms with van der Waals surface area (Å²) in [6.07, 6.45) is 1.90. The fraction of sp³-hybridized carbons (Fsp3) is 0.250. The highest BCUT2D eigenvalue weighted by Gasteiger charge is 2.76. The van der Waals surface area contributed by atoms with Gasteiger partial charge in [0.2, 0.25) is 0 Å². The van der Waals surface area contributed by atoms with Crippen molar-refractivity contribution < 1.29 is 0 Å². The smallest absolute Gasteiger partial charge is 0.101 e. The van der Waals surface area contributed by atoms with Crippen LogP contribution in [-0.2, 0) is 12.8 Å². The Balaban J connectivity index is 1.38. The molecular weight excluding hydrogens is 412 g/mol. The normalized spacial score (nSPS) is 33.1. The molecule has 4 aromatic carbocycles. The zero-order valence-corrected chi connectivity index (χ0v) is 19.0. The first-order valence-electron chi connectivity index (χ1n) is 12.5. The average Bonchev–Trinajstić information content (AvgIpc) is 2.85. The van der Waals surface area contributed by atoms with E-state index >= 15 is 0 Å². The fourth-order valence-electron chi connectivity index (χ4n) is 8.09. The van der Waals surface area contributed by atoms with Crippen molar-refractivity contribution in [2.45, 2.75) is 47.6 Å². The van der Waals surface area contributed by atoms with Crippen molar-refractivity contribution in [1.82, 2.24) is 0 Å².